The van der Waals surface area contributed by atoms with Crippen LogP contribution in [0, 0.1) is 0 Å². The summed E-state index contributed by atoms with van der Waals surface area (Å²) in [6.07, 6.45) is 1.27. The molecule has 0 fully saturated rings. The van der Waals surface area contributed by atoms with Crippen LogP contribution in [0.15, 0.2) is 89.8 Å². The number of aromatic nitrogens is 1. The van der Waals surface area contributed by atoms with Crippen molar-refractivity contribution in [2.75, 3.05) is 6.54 Å². The molecule has 1 aromatic heterocycles. The smallest absolute Gasteiger partial charge is 0.253 e. The number of pyridine rings is 1. The fraction of sp³-hybridized carbons (Fsp3) is 0.214. The molecule has 1 atom stereocenters. The zero-order chi connectivity index (χ0) is 24.8. The molecule has 4 rings (SSSR count). The average Bonchev–Trinajstić information content (AvgIpc) is 2.90. The molecule has 0 saturated heterocycles. The third-order valence-corrected chi connectivity index (χ3v) is 7.37. The highest BCUT2D eigenvalue weighted by molar-refractivity contribution is 7.89. The van der Waals surface area contributed by atoms with Crippen LogP contribution >= 0.6 is 0 Å². The molecule has 0 spiro atoms. The zero-order valence-corrected chi connectivity index (χ0v) is 20.7. The van der Waals surface area contributed by atoms with Crippen molar-refractivity contribution in [1.29, 1.82) is 0 Å². The number of hydrogen-bond acceptors (Lipinski definition) is 4. The quantitative estimate of drug-likeness (QED) is 0.328. The largest absolute Gasteiger partial charge is 0.345 e. The molecule has 0 radical (unpaired) electrons. The summed E-state index contributed by atoms with van der Waals surface area (Å²) < 4.78 is 29.9. The Morgan fingerprint density at radius 2 is 1.51 bits per heavy atom. The van der Waals surface area contributed by atoms with Gasteiger partial charge in [-0.3, -0.25) is 4.79 Å². The van der Waals surface area contributed by atoms with Crippen molar-refractivity contribution in [1.82, 2.24) is 15.0 Å². The number of carbonyl (C=O) groups excluding carboxylic acids is 1. The highest BCUT2D eigenvalue weighted by Gasteiger charge is 2.31. The topological polar surface area (TPSA) is 88.2 Å². The van der Waals surface area contributed by atoms with Crippen molar-refractivity contribution in [3.63, 3.8) is 0 Å². The molecule has 7 heteroatoms. The van der Waals surface area contributed by atoms with E-state index < -0.39 is 15.9 Å². The Kier molecular flexibility index (Phi) is 7.58. The van der Waals surface area contributed by atoms with Crippen molar-refractivity contribution in [2.24, 2.45) is 0 Å². The first-order valence-electron chi connectivity index (χ1n) is 11.8. The van der Waals surface area contributed by atoms with Gasteiger partial charge in [0.1, 0.15) is 4.90 Å². The summed E-state index contributed by atoms with van der Waals surface area (Å²) >= 11 is 0. The third kappa shape index (κ3) is 5.26. The summed E-state index contributed by atoms with van der Waals surface area (Å²) in [6, 6.07) is 25.7. The summed E-state index contributed by atoms with van der Waals surface area (Å²) in [5.74, 6) is -0.451. The number of sulfonamides is 1. The van der Waals surface area contributed by atoms with Crippen LogP contribution in [0.5, 0.6) is 0 Å². The Morgan fingerprint density at radius 1 is 0.886 bits per heavy atom. The van der Waals surface area contributed by atoms with Gasteiger partial charge in [0.2, 0.25) is 10.0 Å². The normalized spacial score (nSPS) is 12.4. The predicted octanol–water partition coefficient (Wildman–Crippen LogP) is 5.47. The molecular formula is C28H29N3O3S. The van der Waals surface area contributed by atoms with Crippen LogP contribution < -0.4 is 10.0 Å². The Bertz CT molecular complexity index is 1420. The first-order chi connectivity index (χ1) is 17.0. The maximum absolute atomic E-state index is 13.9. The van der Waals surface area contributed by atoms with Crippen molar-refractivity contribution in [2.45, 2.75) is 37.6 Å². The van der Waals surface area contributed by atoms with E-state index in [0.29, 0.717) is 29.3 Å². The van der Waals surface area contributed by atoms with E-state index in [0.717, 1.165) is 5.56 Å². The second-order valence-corrected chi connectivity index (χ2v) is 9.99. The number of hydrogen-bond donors (Lipinski definition) is 2. The van der Waals surface area contributed by atoms with Gasteiger partial charge in [0.05, 0.1) is 22.8 Å². The van der Waals surface area contributed by atoms with Gasteiger partial charge in [0, 0.05) is 17.5 Å². The monoisotopic (exact) mass is 487 g/mol. The minimum atomic E-state index is -4.05. The lowest BCUT2D eigenvalue weighted by Crippen LogP contribution is -2.32. The maximum Gasteiger partial charge on any atom is 0.253 e. The molecule has 0 aliphatic carbocycles. The number of amides is 1. The molecule has 0 aliphatic heterocycles. The molecule has 1 heterocycles. The lowest BCUT2D eigenvalue weighted by molar-refractivity contribution is 0.0934. The molecule has 1 amide bonds. The van der Waals surface area contributed by atoms with Gasteiger partial charge in [-0.1, -0.05) is 92.7 Å². The number of fused-ring (bicyclic) bond motifs is 1. The van der Waals surface area contributed by atoms with E-state index in [1.54, 1.807) is 30.3 Å². The van der Waals surface area contributed by atoms with E-state index in [1.807, 2.05) is 68.4 Å². The van der Waals surface area contributed by atoms with Gasteiger partial charge in [-0.2, -0.15) is 0 Å². The lowest BCUT2D eigenvalue weighted by atomic mass is 10.0. The number of rotatable bonds is 9. The summed E-state index contributed by atoms with van der Waals surface area (Å²) in [6.45, 7) is 4.13. The lowest BCUT2D eigenvalue weighted by Gasteiger charge is -2.21. The number of nitrogens with zero attached hydrogens (tertiary/aromatic N) is 1. The van der Waals surface area contributed by atoms with Crippen LogP contribution in [-0.2, 0) is 10.0 Å². The minimum Gasteiger partial charge on any atom is -0.345 e. The molecule has 6 nitrogen and oxygen atoms in total. The number of benzene rings is 3. The second-order valence-electron chi connectivity index (χ2n) is 8.29. The van der Waals surface area contributed by atoms with Gasteiger partial charge in [0.25, 0.3) is 5.91 Å². The zero-order valence-electron chi connectivity index (χ0n) is 19.9. The van der Waals surface area contributed by atoms with E-state index in [-0.39, 0.29) is 28.7 Å². The van der Waals surface area contributed by atoms with Crippen LogP contribution in [0.25, 0.3) is 22.2 Å². The fourth-order valence-corrected chi connectivity index (χ4v) is 5.63. The first-order valence-corrected chi connectivity index (χ1v) is 13.3. The summed E-state index contributed by atoms with van der Waals surface area (Å²) in [5, 5.41) is 3.57. The van der Waals surface area contributed by atoms with Crippen LogP contribution in [0.4, 0.5) is 0 Å². The van der Waals surface area contributed by atoms with E-state index in [9.17, 15) is 13.2 Å². The van der Waals surface area contributed by atoms with Gasteiger partial charge in [-0.25, -0.2) is 18.1 Å². The molecule has 35 heavy (non-hydrogen) atoms. The van der Waals surface area contributed by atoms with Crippen LogP contribution in [0.2, 0.25) is 0 Å². The van der Waals surface area contributed by atoms with Crippen LogP contribution in [0.1, 0.15) is 48.7 Å². The fourth-order valence-electron chi connectivity index (χ4n) is 4.12. The van der Waals surface area contributed by atoms with Crippen molar-refractivity contribution in [3.8, 4) is 11.3 Å². The molecular weight excluding hydrogens is 458 g/mol. The Hall–Kier alpha value is -3.55. The first kappa shape index (κ1) is 24.6. The Labute approximate surface area is 206 Å². The summed E-state index contributed by atoms with van der Waals surface area (Å²) in [4.78, 5) is 18.5. The molecule has 3 aromatic carbocycles. The average molecular weight is 488 g/mol. The standard InChI is InChI=1S/C28H29N3O3S/c1-3-19-29-35(33,34)27-25(28(32)31-23(4-2)20-13-7-5-8-14-20)22-17-11-12-18-24(22)30-26(27)21-15-9-6-10-16-21/h5-18,23,29H,3-4,19H2,1-2H3,(H,31,32). The SMILES string of the molecule is CCCNS(=O)(=O)c1c(-c2ccccc2)nc2ccccc2c1C(=O)NC(CC)c1ccccc1. The molecule has 2 N–H and O–H groups in total. The minimum absolute atomic E-state index is 0.101. The molecule has 0 saturated carbocycles. The van der Waals surface area contributed by atoms with Gasteiger partial charge < -0.3 is 5.32 Å². The molecule has 4 aromatic rings. The van der Waals surface area contributed by atoms with Gasteiger partial charge >= 0.3 is 0 Å². The van der Waals surface area contributed by atoms with Crippen molar-refractivity contribution in [3.05, 3.63) is 96.1 Å². The highest BCUT2D eigenvalue weighted by Crippen LogP contribution is 2.34. The van der Waals surface area contributed by atoms with Gasteiger partial charge in [-0.05, 0) is 24.5 Å². The molecule has 0 aliphatic rings. The Balaban J connectivity index is 1.97. The predicted molar refractivity (Wildman–Crippen MR) is 140 cm³/mol. The molecule has 0 bridgehead atoms. The van der Waals surface area contributed by atoms with Gasteiger partial charge in [0.15, 0.2) is 0 Å². The van der Waals surface area contributed by atoms with Gasteiger partial charge in [-0.15, -0.1) is 0 Å². The number of carbonyl (C=O) groups is 1. The van der Waals surface area contributed by atoms with Crippen molar-refractivity contribution >= 4 is 26.8 Å². The molecule has 1 unspecified atom stereocenters. The van der Waals surface area contributed by atoms with E-state index >= 15 is 0 Å². The van der Waals surface area contributed by atoms with Crippen molar-refractivity contribution < 1.29 is 13.2 Å². The van der Waals surface area contributed by atoms with Crippen LogP contribution in [0.3, 0.4) is 0 Å². The number of para-hydroxylation sites is 1. The van der Waals surface area contributed by atoms with Crippen LogP contribution in [-0.4, -0.2) is 25.9 Å². The van der Waals surface area contributed by atoms with E-state index in [1.165, 1.54) is 0 Å². The Morgan fingerprint density at radius 3 is 2.17 bits per heavy atom. The molecule has 180 valence electrons. The number of nitrogens with one attached hydrogen (secondary N) is 2. The second kappa shape index (κ2) is 10.8. The van der Waals surface area contributed by atoms with E-state index in [4.69, 9.17) is 4.98 Å². The van der Waals surface area contributed by atoms with E-state index in [2.05, 4.69) is 10.0 Å². The third-order valence-electron chi connectivity index (χ3n) is 5.85. The summed E-state index contributed by atoms with van der Waals surface area (Å²) in [5.41, 5.74) is 2.50. The maximum atomic E-state index is 13.9. The summed E-state index contributed by atoms with van der Waals surface area (Å²) in [7, 11) is -4.05. The highest BCUT2D eigenvalue weighted by atomic mass is 32.2.